The molecule has 24 heavy (non-hydrogen) atoms. The van der Waals surface area contributed by atoms with Crippen LogP contribution in [0.15, 0.2) is 29.2 Å². The van der Waals surface area contributed by atoms with Crippen LogP contribution in [-0.2, 0) is 24.3 Å². The van der Waals surface area contributed by atoms with Gasteiger partial charge in [-0.15, -0.1) is 0 Å². The molecule has 0 aromatic heterocycles. The van der Waals surface area contributed by atoms with Crippen molar-refractivity contribution in [1.82, 2.24) is 0 Å². The third-order valence-corrected chi connectivity index (χ3v) is 5.05. The lowest BCUT2D eigenvalue weighted by molar-refractivity contribution is -0.155. The number of benzene rings is 1. The minimum Gasteiger partial charge on any atom is -0.449 e. The van der Waals surface area contributed by atoms with Gasteiger partial charge in [-0.2, -0.15) is 0 Å². The molecule has 132 valence electrons. The van der Waals surface area contributed by atoms with Gasteiger partial charge in [-0.3, -0.25) is 9.59 Å². The lowest BCUT2D eigenvalue weighted by atomic mass is 9.91. The molecule has 2 unspecified atom stereocenters. The fourth-order valence-corrected chi connectivity index (χ4v) is 3.22. The average Bonchev–Trinajstić information content (AvgIpc) is 2.80. The van der Waals surface area contributed by atoms with E-state index in [1.807, 2.05) is 6.92 Å². The largest absolute Gasteiger partial charge is 0.449 e. The Morgan fingerprint density at radius 2 is 2.00 bits per heavy atom. The first-order valence-corrected chi connectivity index (χ1v) is 9.37. The first-order valence-electron chi connectivity index (χ1n) is 7.83. The molecule has 3 N–H and O–H groups in total. The molecule has 1 aliphatic rings. The Morgan fingerprint density at radius 1 is 1.38 bits per heavy atom. The number of esters is 1. The van der Waals surface area contributed by atoms with Crippen LogP contribution in [-0.4, -0.2) is 25.9 Å². The number of anilines is 1. The molecule has 1 fully saturated rings. The molecule has 1 saturated heterocycles. The molecule has 7 nitrogen and oxygen atoms in total. The number of carbonyl (C=O) groups excluding carboxylic acids is 2. The molecule has 1 aromatic rings. The van der Waals surface area contributed by atoms with Crippen LogP contribution in [0.3, 0.4) is 0 Å². The summed E-state index contributed by atoms with van der Waals surface area (Å²) in [6.07, 6.45) is 2.93. The second-order valence-electron chi connectivity index (χ2n) is 6.22. The second-order valence-corrected chi connectivity index (χ2v) is 7.78. The Morgan fingerprint density at radius 3 is 2.54 bits per heavy atom. The molecule has 0 aliphatic carbocycles. The van der Waals surface area contributed by atoms with E-state index in [4.69, 9.17) is 9.88 Å². The summed E-state index contributed by atoms with van der Waals surface area (Å²) in [5.41, 5.74) is -0.810. The van der Waals surface area contributed by atoms with E-state index in [0.717, 1.165) is 12.8 Å². The number of hydrogen-bond acceptors (Lipinski definition) is 5. The molecule has 1 heterocycles. The average molecular weight is 354 g/mol. The molecule has 1 aromatic carbocycles. The maximum absolute atomic E-state index is 12.5. The van der Waals surface area contributed by atoms with Gasteiger partial charge in [0.2, 0.25) is 10.0 Å². The van der Waals surface area contributed by atoms with Crippen molar-refractivity contribution >= 4 is 27.6 Å². The highest BCUT2D eigenvalue weighted by atomic mass is 32.2. The normalized spacial score (nSPS) is 23.8. The molecule has 8 heteroatoms. The zero-order valence-electron chi connectivity index (χ0n) is 13.7. The molecule has 0 saturated carbocycles. The Hall–Kier alpha value is -1.93. The minimum absolute atomic E-state index is 0.0429. The lowest BCUT2D eigenvalue weighted by Crippen LogP contribution is -2.39. The SMILES string of the molecule is CCCCC1CC(C)(C(=O)Nc2ccc(S(N)(=O)=O)cc2)OC1=O. The van der Waals surface area contributed by atoms with Crippen molar-refractivity contribution in [2.45, 2.75) is 50.0 Å². The number of rotatable bonds is 6. The summed E-state index contributed by atoms with van der Waals surface area (Å²) in [6, 6.07) is 5.48. The van der Waals surface area contributed by atoms with E-state index < -0.39 is 21.5 Å². The molecule has 2 rings (SSSR count). The molecule has 0 radical (unpaired) electrons. The van der Waals surface area contributed by atoms with Crippen LogP contribution >= 0.6 is 0 Å². The van der Waals surface area contributed by atoms with Crippen LogP contribution in [0, 0.1) is 5.92 Å². The minimum atomic E-state index is -3.78. The van der Waals surface area contributed by atoms with Crippen molar-refractivity contribution in [3.8, 4) is 0 Å². The van der Waals surface area contributed by atoms with E-state index >= 15 is 0 Å². The first-order chi connectivity index (χ1) is 11.2. The van der Waals surface area contributed by atoms with E-state index in [2.05, 4.69) is 5.32 Å². The number of nitrogens with two attached hydrogens (primary N) is 1. The first kappa shape index (κ1) is 18.4. The van der Waals surface area contributed by atoms with Crippen LogP contribution < -0.4 is 10.5 Å². The standard InChI is InChI=1S/C16H22N2O5S/c1-3-4-5-11-10-16(2,23-14(11)19)15(20)18-12-6-8-13(9-7-12)24(17,21)22/h6-9,11H,3-5,10H2,1-2H3,(H,18,20)(H2,17,21,22). The van der Waals surface area contributed by atoms with Crippen molar-refractivity contribution < 1.29 is 22.7 Å². The van der Waals surface area contributed by atoms with Gasteiger partial charge in [-0.25, -0.2) is 13.6 Å². The number of nitrogens with one attached hydrogen (secondary N) is 1. The maximum atomic E-state index is 12.5. The van der Waals surface area contributed by atoms with Crippen LogP contribution in [0.4, 0.5) is 5.69 Å². The van der Waals surface area contributed by atoms with E-state index in [1.165, 1.54) is 24.3 Å². The zero-order valence-corrected chi connectivity index (χ0v) is 14.6. The van der Waals surface area contributed by atoms with Crippen molar-refractivity contribution in [2.75, 3.05) is 5.32 Å². The van der Waals surface area contributed by atoms with Gasteiger partial charge in [0.15, 0.2) is 5.60 Å². The number of sulfonamides is 1. The smallest absolute Gasteiger partial charge is 0.310 e. The van der Waals surface area contributed by atoms with Crippen LogP contribution in [0.2, 0.25) is 0 Å². The zero-order chi connectivity index (χ0) is 18.0. The monoisotopic (exact) mass is 354 g/mol. The van der Waals surface area contributed by atoms with Gasteiger partial charge in [0.25, 0.3) is 5.91 Å². The van der Waals surface area contributed by atoms with E-state index in [-0.39, 0.29) is 16.8 Å². The Labute approximate surface area is 141 Å². The molecule has 0 spiro atoms. The highest BCUT2D eigenvalue weighted by Crippen LogP contribution is 2.34. The molecule has 1 aliphatic heterocycles. The van der Waals surface area contributed by atoms with E-state index in [0.29, 0.717) is 18.5 Å². The number of carbonyl (C=O) groups is 2. The molecular formula is C16H22N2O5S. The second kappa shape index (κ2) is 6.90. The van der Waals surface area contributed by atoms with Crippen molar-refractivity contribution in [3.63, 3.8) is 0 Å². The molecular weight excluding hydrogens is 332 g/mol. The van der Waals surface area contributed by atoms with Crippen LogP contribution in [0.1, 0.15) is 39.5 Å². The van der Waals surface area contributed by atoms with Crippen molar-refractivity contribution in [2.24, 2.45) is 11.1 Å². The molecule has 1 amide bonds. The fourth-order valence-electron chi connectivity index (χ4n) is 2.70. The maximum Gasteiger partial charge on any atom is 0.310 e. The third kappa shape index (κ3) is 4.12. The van der Waals surface area contributed by atoms with Gasteiger partial charge in [0.1, 0.15) is 0 Å². The number of unbranched alkanes of at least 4 members (excludes halogenated alkanes) is 1. The number of ether oxygens (including phenoxy) is 1. The summed E-state index contributed by atoms with van der Waals surface area (Å²) in [4.78, 5) is 24.3. The Balaban J connectivity index is 2.05. The Kier molecular flexibility index (Phi) is 5.29. The van der Waals surface area contributed by atoms with Gasteiger partial charge in [-0.1, -0.05) is 19.8 Å². The number of amides is 1. The number of cyclic esters (lactones) is 1. The summed E-state index contributed by atoms with van der Waals surface area (Å²) in [6.45, 7) is 3.63. The van der Waals surface area contributed by atoms with Crippen molar-refractivity contribution in [3.05, 3.63) is 24.3 Å². The Bertz CT molecular complexity index is 729. The number of hydrogen-bond donors (Lipinski definition) is 2. The van der Waals surface area contributed by atoms with Gasteiger partial charge in [0.05, 0.1) is 10.8 Å². The van der Waals surface area contributed by atoms with Gasteiger partial charge < -0.3 is 10.1 Å². The summed E-state index contributed by atoms with van der Waals surface area (Å²) in [5.74, 6) is -1.03. The summed E-state index contributed by atoms with van der Waals surface area (Å²) in [5, 5.41) is 7.67. The molecule has 0 bridgehead atoms. The highest BCUT2D eigenvalue weighted by Gasteiger charge is 2.48. The van der Waals surface area contributed by atoms with Crippen molar-refractivity contribution in [1.29, 1.82) is 0 Å². The molecule has 2 atom stereocenters. The quantitative estimate of drug-likeness (QED) is 0.756. The van der Waals surface area contributed by atoms with Gasteiger partial charge in [0, 0.05) is 12.1 Å². The van der Waals surface area contributed by atoms with Crippen LogP contribution in [0.5, 0.6) is 0 Å². The number of primary sulfonamides is 1. The highest BCUT2D eigenvalue weighted by molar-refractivity contribution is 7.89. The lowest BCUT2D eigenvalue weighted by Gasteiger charge is -2.21. The van der Waals surface area contributed by atoms with E-state index in [1.54, 1.807) is 6.92 Å². The summed E-state index contributed by atoms with van der Waals surface area (Å²) < 4.78 is 27.7. The third-order valence-electron chi connectivity index (χ3n) is 4.12. The van der Waals surface area contributed by atoms with Gasteiger partial charge in [-0.05, 0) is 37.6 Å². The van der Waals surface area contributed by atoms with Gasteiger partial charge >= 0.3 is 5.97 Å². The van der Waals surface area contributed by atoms with Crippen LogP contribution in [0.25, 0.3) is 0 Å². The predicted octanol–water partition coefficient (Wildman–Crippen LogP) is 1.78. The summed E-state index contributed by atoms with van der Waals surface area (Å²) in [7, 11) is -3.78. The van der Waals surface area contributed by atoms with E-state index in [9.17, 15) is 18.0 Å². The predicted molar refractivity (Wildman–Crippen MR) is 88.6 cm³/mol. The fraction of sp³-hybridized carbons (Fsp3) is 0.500. The topological polar surface area (TPSA) is 116 Å². The summed E-state index contributed by atoms with van der Waals surface area (Å²) >= 11 is 0.